The van der Waals surface area contributed by atoms with Crippen molar-refractivity contribution in [1.29, 1.82) is 0 Å². The number of hydrogen-bond donors (Lipinski definition) is 1. The molecule has 3 aromatic rings. The fourth-order valence-electron chi connectivity index (χ4n) is 2.14. The molecule has 0 unspecified atom stereocenters. The van der Waals surface area contributed by atoms with Crippen molar-refractivity contribution < 1.29 is 4.39 Å². The Morgan fingerprint density at radius 2 is 1.81 bits per heavy atom. The summed E-state index contributed by atoms with van der Waals surface area (Å²) in [6.45, 7) is 2.02. The van der Waals surface area contributed by atoms with Gasteiger partial charge in [-0.1, -0.05) is 29.5 Å². The van der Waals surface area contributed by atoms with E-state index in [0.717, 1.165) is 21.9 Å². The fourth-order valence-corrected chi connectivity index (χ4v) is 2.14. The molecule has 3 heteroatoms. The lowest BCUT2D eigenvalue weighted by Gasteiger charge is -2.04. The molecule has 0 bridgehead atoms. The van der Waals surface area contributed by atoms with Crippen LogP contribution in [-0.4, -0.2) is 4.98 Å². The van der Waals surface area contributed by atoms with Gasteiger partial charge < -0.3 is 5.73 Å². The first-order valence-corrected chi connectivity index (χ1v) is 6.56. The van der Waals surface area contributed by atoms with Crippen LogP contribution >= 0.6 is 0 Å². The first kappa shape index (κ1) is 13.1. The number of pyridine rings is 1. The summed E-state index contributed by atoms with van der Waals surface area (Å²) in [5, 5.41) is 1.98. The molecule has 0 saturated heterocycles. The van der Waals surface area contributed by atoms with E-state index >= 15 is 0 Å². The van der Waals surface area contributed by atoms with E-state index in [0.29, 0.717) is 11.4 Å². The molecule has 21 heavy (non-hydrogen) atoms. The molecule has 0 aliphatic rings. The third-order valence-corrected chi connectivity index (χ3v) is 3.25. The Bertz CT molecular complexity index is 866. The smallest absolute Gasteiger partial charge is 0.139 e. The van der Waals surface area contributed by atoms with Gasteiger partial charge in [0.25, 0.3) is 0 Å². The van der Waals surface area contributed by atoms with Gasteiger partial charge in [-0.3, -0.25) is 0 Å². The largest absolute Gasteiger partial charge is 0.383 e. The maximum absolute atomic E-state index is 12.9. The quantitative estimate of drug-likeness (QED) is 0.636. The number of hydrogen-bond acceptors (Lipinski definition) is 2. The van der Waals surface area contributed by atoms with Crippen molar-refractivity contribution in [3.05, 3.63) is 71.2 Å². The molecule has 0 amide bonds. The van der Waals surface area contributed by atoms with Crippen molar-refractivity contribution in [1.82, 2.24) is 4.98 Å². The van der Waals surface area contributed by atoms with Crippen LogP contribution in [0.4, 0.5) is 10.2 Å². The third-order valence-electron chi connectivity index (χ3n) is 3.25. The van der Waals surface area contributed by atoms with Crippen LogP contribution in [0.5, 0.6) is 0 Å². The fraction of sp³-hybridized carbons (Fsp3) is 0.0556. The Morgan fingerprint density at radius 3 is 2.57 bits per heavy atom. The number of aryl methyl sites for hydroxylation is 1. The average molecular weight is 276 g/mol. The van der Waals surface area contributed by atoms with Crippen molar-refractivity contribution in [2.24, 2.45) is 0 Å². The van der Waals surface area contributed by atoms with Crippen molar-refractivity contribution in [2.75, 3.05) is 5.73 Å². The summed E-state index contributed by atoms with van der Waals surface area (Å²) in [7, 11) is 0. The number of nitrogens with zero attached hydrogens (tertiary/aromatic N) is 1. The predicted molar refractivity (Wildman–Crippen MR) is 83.3 cm³/mol. The molecular formula is C18H13FN2. The summed E-state index contributed by atoms with van der Waals surface area (Å²) in [6, 6.07) is 12.1. The van der Waals surface area contributed by atoms with Gasteiger partial charge in [-0.25, -0.2) is 9.37 Å². The molecular weight excluding hydrogens is 263 g/mol. The highest BCUT2D eigenvalue weighted by Gasteiger charge is 2.04. The van der Waals surface area contributed by atoms with Crippen LogP contribution in [0.3, 0.4) is 0 Å². The number of benzene rings is 2. The summed E-state index contributed by atoms with van der Waals surface area (Å²) in [6.07, 6.45) is 1.74. The minimum absolute atomic E-state index is 0.275. The normalized spacial score (nSPS) is 10.2. The summed E-state index contributed by atoms with van der Waals surface area (Å²) in [4.78, 5) is 4.18. The molecule has 0 atom stereocenters. The Hall–Kier alpha value is -2.86. The second-order valence-electron chi connectivity index (χ2n) is 4.87. The predicted octanol–water partition coefficient (Wildman–Crippen LogP) is 3.66. The number of aromatic nitrogens is 1. The average Bonchev–Trinajstić information content (AvgIpc) is 2.48. The summed E-state index contributed by atoms with van der Waals surface area (Å²) < 4.78 is 12.9. The van der Waals surface area contributed by atoms with E-state index < -0.39 is 0 Å². The lowest BCUT2D eigenvalue weighted by molar-refractivity contribution is 0.627. The second-order valence-corrected chi connectivity index (χ2v) is 4.87. The van der Waals surface area contributed by atoms with E-state index in [4.69, 9.17) is 5.73 Å². The molecule has 0 fully saturated rings. The van der Waals surface area contributed by atoms with E-state index in [1.807, 2.05) is 25.1 Å². The molecule has 0 aliphatic carbocycles. The number of nitrogens with two attached hydrogens (primary N) is 1. The summed E-state index contributed by atoms with van der Waals surface area (Å²) in [5.74, 6) is 6.19. The van der Waals surface area contributed by atoms with Crippen molar-refractivity contribution in [2.45, 2.75) is 6.92 Å². The van der Waals surface area contributed by atoms with Gasteiger partial charge in [0.05, 0.1) is 5.56 Å². The molecule has 3 rings (SSSR count). The van der Waals surface area contributed by atoms with E-state index in [1.165, 1.54) is 12.1 Å². The van der Waals surface area contributed by atoms with Crippen LogP contribution in [0.1, 0.15) is 16.7 Å². The summed E-state index contributed by atoms with van der Waals surface area (Å²) in [5.41, 5.74) is 8.53. The van der Waals surface area contributed by atoms with Crippen LogP contribution in [-0.2, 0) is 0 Å². The van der Waals surface area contributed by atoms with E-state index in [9.17, 15) is 4.39 Å². The van der Waals surface area contributed by atoms with Crippen LogP contribution in [0.25, 0.3) is 10.8 Å². The maximum atomic E-state index is 12.9. The number of fused-ring (bicyclic) bond motifs is 1. The minimum atomic E-state index is -0.275. The monoisotopic (exact) mass is 276 g/mol. The highest BCUT2D eigenvalue weighted by molar-refractivity contribution is 5.91. The van der Waals surface area contributed by atoms with Crippen molar-refractivity contribution >= 4 is 16.6 Å². The third kappa shape index (κ3) is 2.70. The lowest BCUT2D eigenvalue weighted by atomic mass is 10.0. The van der Waals surface area contributed by atoms with Crippen molar-refractivity contribution in [3.63, 3.8) is 0 Å². The molecule has 2 N–H and O–H groups in total. The van der Waals surface area contributed by atoms with Gasteiger partial charge in [-0.05, 0) is 37.3 Å². The summed E-state index contributed by atoms with van der Waals surface area (Å²) >= 11 is 0. The van der Waals surface area contributed by atoms with Crippen LogP contribution < -0.4 is 5.73 Å². The lowest BCUT2D eigenvalue weighted by Crippen LogP contribution is -1.95. The first-order chi connectivity index (χ1) is 10.1. The van der Waals surface area contributed by atoms with Crippen LogP contribution in [0.2, 0.25) is 0 Å². The SMILES string of the molecule is Cc1ccc2cnc(N)c(C#Cc3ccc(F)cc3)c2c1. The Balaban J connectivity index is 2.14. The number of halogens is 1. The number of anilines is 1. The maximum Gasteiger partial charge on any atom is 0.139 e. The topological polar surface area (TPSA) is 38.9 Å². The molecule has 1 heterocycles. The number of nitrogen functional groups attached to an aromatic ring is 1. The van der Waals surface area contributed by atoms with E-state index in [2.05, 4.69) is 16.8 Å². The Kier molecular flexibility index (Phi) is 3.29. The van der Waals surface area contributed by atoms with Gasteiger partial charge in [0, 0.05) is 22.5 Å². The Labute approximate surface area is 122 Å². The molecule has 0 aliphatic heterocycles. The van der Waals surface area contributed by atoms with Gasteiger partial charge >= 0.3 is 0 Å². The standard InChI is InChI=1S/C18H13FN2/c1-12-2-6-14-11-21-18(20)16(17(14)10-12)9-5-13-3-7-15(19)8-4-13/h2-4,6-8,10-11H,1H3,(H2,20,21). The first-order valence-electron chi connectivity index (χ1n) is 6.56. The van der Waals surface area contributed by atoms with Crippen LogP contribution in [0.15, 0.2) is 48.7 Å². The number of rotatable bonds is 0. The zero-order valence-corrected chi connectivity index (χ0v) is 11.5. The van der Waals surface area contributed by atoms with Gasteiger partial charge in [0.2, 0.25) is 0 Å². The minimum Gasteiger partial charge on any atom is -0.383 e. The van der Waals surface area contributed by atoms with Gasteiger partial charge in [0.15, 0.2) is 0 Å². The van der Waals surface area contributed by atoms with E-state index in [1.54, 1.807) is 18.3 Å². The van der Waals surface area contributed by atoms with E-state index in [-0.39, 0.29) is 5.82 Å². The molecule has 102 valence electrons. The second kappa shape index (κ2) is 5.26. The zero-order chi connectivity index (χ0) is 14.8. The molecule has 1 aromatic heterocycles. The van der Waals surface area contributed by atoms with Gasteiger partial charge in [0.1, 0.15) is 11.6 Å². The van der Waals surface area contributed by atoms with Crippen molar-refractivity contribution in [3.8, 4) is 11.8 Å². The van der Waals surface area contributed by atoms with Gasteiger partial charge in [-0.2, -0.15) is 0 Å². The highest BCUT2D eigenvalue weighted by atomic mass is 19.1. The van der Waals surface area contributed by atoms with Crippen LogP contribution in [0, 0.1) is 24.6 Å². The van der Waals surface area contributed by atoms with Gasteiger partial charge in [-0.15, -0.1) is 0 Å². The Morgan fingerprint density at radius 1 is 1.05 bits per heavy atom. The molecule has 2 aromatic carbocycles. The molecule has 0 radical (unpaired) electrons. The zero-order valence-electron chi connectivity index (χ0n) is 11.5. The molecule has 0 spiro atoms. The molecule has 0 saturated carbocycles. The highest BCUT2D eigenvalue weighted by Crippen LogP contribution is 2.22. The molecule has 2 nitrogen and oxygen atoms in total.